The van der Waals surface area contributed by atoms with Crippen molar-refractivity contribution >= 4 is 46.6 Å². The van der Waals surface area contributed by atoms with E-state index in [4.69, 9.17) is 18.9 Å². The van der Waals surface area contributed by atoms with E-state index >= 15 is 0 Å². The van der Waals surface area contributed by atoms with Crippen LogP contribution in [0.15, 0.2) is 41.5 Å². The lowest BCUT2D eigenvalue weighted by atomic mass is 10.2. The van der Waals surface area contributed by atoms with Crippen molar-refractivity contribution in [1.29, 1.82) is 0 Å². The average Bonchev–Trinajstić information content (AvgIpc) is 2.82. The van der Waals surface area contributed by atoms with Gasteiger partial charge in [-0.3, -0.25) is 9.59 Å². The van der Waals surface area contributed by atoms with Crippen molar-refractivity contribution in [3.63, 3.8) is 0 Å². The third-order valence-electron chi connectivity index (χ3n) is 4.14. The average molecular weight is 583 g/mol. The number of carbonyl (C=O) groups excluding carboxylic acids is 3. The van der Waals surface area contributed by atoms with Gasteiger partial charge in [-0.05, 0) is 66.3 Å². The number of halogens is 1. The van der Waals surface area contributed by atoms with E-state index in [0.717, 1.165) is 0 Å². The number of para-hydroxylation sites is 1. The second-order valence-corrected chi connectivity index (χ2v) is 7.70. The first-order valence-electron chi connectivity index (χ1n) is 10.4. The number of nitrogens with one attached hydrogen (secondary N) is 2. The predicted octanol–water partition coefficient (Wildman–Crippen LogP) is 2.52. The summed E-state index contributed by atoms with van der Waals surface area (Å²) in [5, 5.41) is 6.44. The fourth-order valence-corrected chi connectivity index (χ4v) is 3.49. The molecule has 0 atom stereocenters. The van der Waals surface area contributed by atoms with Crippen LogP contribution in [-0.2, 0) is 14.3 Å². The summed E-state index contributed by atoms with van der Waals surface area (Å²) < 4.78 is 21.9. The molecule has 2 rings (SSSR count). The minimum atomic E-state index is -0.506. The summed E-state index contributed by atoms with van der Waals surface area (Å²) in [6.07, 6.45) is 1.43. The van der Waals surface area contributed by atoms with Gasteiger partial charge in [0.2, 0.25) is 0 Å². The highest BCUT2D eigenvalue weighted by Crippen LogP contribution is 2.34. The van der Waals surface area contributed by atoms with Gasteiger partial charge >= 0.3 is 5.97 Å². The molecule has 2 aromatic rings. The van der Waals surface area contributed by atoms with Gasteiger partial charge in [0.05, 0.1) is 42.2 Å². The van der Waals surface area contributed by atoms with Gasteiger partial charge in [-0.15, -0.1) is 0 Å². The maximum Gasteiger partial charge on any atom is 0.344 e. The van der Waals surface area contributed by atoms with Gasteiger partial charge in [0, 0.05) is 0 Å². The number of carbonyl (C=O) groups is 3. The first kappa shape index (κ1) is 26.9. The molecule has 0 aliphatic rings. The third kappa shape index (κ3) is 8.21. The molecule has 0 aliphatic heterocycles. The highest BCUT2D eigenvalue weighted by molar-refractivity contribution is 14.1. The summed E-state index contributed by atoms with van der Waals surface area (Å²) in [4.78, 5) is 35.9. The number of benzene rings is 2. The largest absolute Gasteiger partial charge is 0.496 e. The molecule has 2 aromatic carbocycles. The maximum atomic E-state index is 12.3. The molecule has 11 heteroatoms. The van der Waals surface area contributed by atoms with Crippen LogP contribution in [0.5, 0.6) is 17.2 Å². The van der Waals surface area contributed by atoms with Crippen molar-refractivity contribution < 1.29 is 33.3 Å². The summed E-state index contributed by atoms with van der Waals surface area (Å²) in [5.74, 6) is -0.175. The predicted molar refractivity (Wildman–Crippen MR) is 134 cm³/mol. The molecule has 10 nitrogen and oxygen atoms in total. The van der Waals surface area contributed by atoms with Crippen LogP contribution in [0.25, 0.3) is 0 Å². The lowest BCUT2D eigenvalue weighted by Crippen LogP contribution is -2.35. The van der Waals surface area contributed by atoms with Crippen LogP contribution in [-0.4, -0.2) is 57.5 Å². The molecule has 0 saturated heterocycles. The number of hydrazone groups is 1. The molecule has 0 aliphatic carbocycles. The monoisotopic (exact) mass is 583 g/mol. The Hall–Kier alpha value is -3.35. The second kappa shape index (κ2) is 14.0. The SMILES string of the molecule is CCOC(=O)COc1c(I)cc(C=NNC(=O)CNC(=O)c2ccccc2OC)cc1OCC. The molecule has 0 unspecified atom stereocenters. The standard InChI is InChI=1S/C23H26IN3O7/c1-4-32-19-11-15(10-17(24)22(19)34-14-21(29)33-5-2)12-26-27-20(28)13-25-23(30)16-8-6-7-9-18(16)31-3/h6-12H,4-5,13-14H2,1-3H3,(H,25,30)(H,27,28). The van der Waals surface area contributed by atoms with Crippen molar-refractivity contribution in [1.82, 2.24) is 10.7 Å². The van der Waals surface area contributed by atoms with Crippen LogP contribution < -0.4 is 25.0 Å². The molecule has 0 radical (unpaired) electrons. The number of rotatable bonds is 12. The van der Waals surface area contributed by atoms with E-state index in [0.29, 0.717) is 38.6 Å². The molecule has 2 amide bonds. The Balaban J connectivity index is 1.96. The number of hydrogen-bond acceptors (Lipinski definition) is 8. The van der Waals surface area contributed by atoms with Crippen LogP contribution in [0.1, 0.15) is 29.8 Å². The molecular formula is C23H26IN3O7. The lowest BCUT2D eigenvalue weighted by molar-refractivity contribution is -0.145. The summed E-state index contributed by atoms with van der Waals surface area (Å²) in [6, 6.07) is 10.1. The Morgan fingerprint density at radius 2 is 1.82 bits per heavy atom. The van der Waals surface area contributed by atoms with Gasteiger partial charge in [0.25, 0.3) is 11.8 Å². The Bertz CT molecular complexity index is 1040. The van der Waals surface area contributed by atoms with Gasteiger partial charge in [-0.1, -0.05) is 12.1 Å². The molecule has 2 N–H and O–H groups in total. The molecule has 0 spiro atoms. The highest BCUT2D eigenvalue weighted by Gasteiger charge is 2.15. The second-order valence-electron chi connectivity index (χ2n) is 6.53. The van der Waals surface area contributed by atoms with E-state index in [9.17, 15) is 14.4 Å². The Morgan fingerprint density at radius 1 is 1.06 bits per heavy atom. The third-order valence-corrected chi connectivity index (χ3v) is 4.94. The maximum absolute atomic E-state index is 12.3. The van der Waals surface area contributed by atoms with Gasteiger partial charge in [0.1, 0.15) is 5.75 Å². The summed E-state index contributed by atoms with van der Waals surface area (Å²) in [6.45, 7) is 3.68. The van der Waals surface area contributed by atoms with Crippen molar-refractivity contribution in [3.05, 3.63) is 51.1 Å². The molecule has 34 heavy (non-hydrogen) atoms. The van der Waals surface area contributed by atoms with Gasteiger partial charge < -0.3 is 24.3 Å². The number of amides is 2. The Labute approximate surface area is 211 Å². The zero-order valence-corrected chi connectivity index (χ0v) is 21.2. The molecule has 0 heterocycles. The van der Waals surface area contributed by atoms with Crippen molar-refractivity contribution in [2.45, 2.75) is 13.8 Å². The van der Waals surface area contributed by atoms with E-state index in [1.807, 2.05) is 6.92 Å². The van der Waals surface area contributed by atoms with E-state index < -0.39 is 17.8 Å². The van der Waals surface area contributed by atoms with Gasteiger partial charge in [-0.2, -0.15) is 5.10 Å². The molecule has 0 aromatic heterocycles. The minimum absolute atomic E-state index is 0.242. The van der Waals surface area contributed by atoms with Crippen molar-refractivity contribution in [2.24, 2.45) is 5.10 Å². The molecule has 0 bridgehead atoms. The summed E-state index contributed by atoms with van der Waals surface area (Å²) >= 11 is 2.05. The molecular weight excluding hydrogens is 557 g/mol. The zero-order valence-electron chi connectivity index (χ0n) is 19.1. The lowest BCUT2D eigenvalue weighted by Gasteiger charge is -2.14. The van der Waals surface area contributed by atoms with Crippen LogP contribution in [0.3, 0.4) is 0 Å². The Kier molecular flexibility index (Phi) is 11.1. The first-order chi connectivity index (χ1) is 16.4. The van der Waals surface area contributed by atoms with E-state index in [1.165, 1.54) is 13.3 Å². The van der Waals surface area contributed by atoms with Crippen LogP contribution in [0, 0.1) is 3.57 Å². The number of methoxy groups -OCH3 is 1. The molecule has 182 valence electrons. The number of hydrogen-bond donors (Lipinski definition) is 2. The molecule has 0 fully saturated rings. The normalized spacial score (nSPS) is 10.5. The topological polar surface area (TPSA) is 125 Å². The van der Waals surface area contributed by atoms with Crippen LogP contribution in [0.4, 0.5) is 0 Å². The van der Waals surface area contributed by atoms with E-state index in [2.05, 4.69) is 38.4 Å². The number of esters is 1. The first-order valence-corrected chi connectivity index (χ1v) is 11.4. The van der Waals surface area contributed by atoms with Gasteiger partial charge in [-0.25, -0.2) is 10.2 Å². The van der Waals surface area contributed by atoms with Crippen molar-refractivity contribution in [3.8, 4) is 17.2 Å². The van der Waals surface area contributed by atoms with E-state index in [-0.39, 0.29) is 19.8 Å². The van der Waals surface area contributed by atoms with Crippen LogP contribution >= 0.6 is 22.6 Å². The van der Waals surface area contributed by atoms with E-state index in [1.54, 1.807) is 43.3 Å². The summed E-state index contributed by atoms with van der Waals surface area (Å²) in [7, 11) is 1.46. The van der Waals surface area contributed by atoms with Gasteiger partial charge in [0.15, 0.2) is 18.1 Å². The number of ether oxygens (including phenoxy) is 4. The minimum Gasteiger partial charge on any atom is -0.496 e. The fourth-order valence-electron chi connectivity index (χ4n) is 2.71. The fraction of sp³-hybridized carbons (Fsp3) is 0.304. The Morgan fingerprint density at radius 3 is 2.53 bits per heavy atom. The van der Waals surface area contributed by atoms with Crippen LogP contribution in [0.2, 0.25) is 0 Å². The smallest absolute Gasteiger partial charge is 0.344 e. The highest BCUT2D eigenvalue weighted by atomic mass is 127. The number of nitrogens with zero attached hydrogens (tertiary/aromatic N) is 1. The molecule has 0 saturated carbocycles. The summed E-state index contributed by atoms with van der Waals surface area (Å²) in [5.41, 5.74) is 3.31. The quantitative estimate of drug-likeness (QED) is 0.170. The zero-order chi connectivity index (χ0) is 24.9. The van der Waals surface area contributed by atoms with Crippen molar-refractivity contribution in [2.75, 3.05) is 33.5 Å².